The number of H-pyrrole nitrogens is 1. The molecule has 12 nitrogen and oxygen atoms in total. The van der Waals surface area contributed by atoms with E-state index in [0.29, 0.717) is 6.54 Å². The molecule has 13 heteroatoms. The zero-order valence-electron chi connectivity index (χ0n) is 19.6. The number of esters is 1. The summed E-state index contributed by atoms with van der Waals surface area (Å²) >= 11 is 0. The Balaban J connectivity index is 1.93. The molecule has 0 aliphatic heterocycles. The van der Waals surface area contributed by atoms with E-state index in [-0.39, 0.29) is 39.8 Å². The minimum Gasteiger partial charge on any atom is -0.495 e. The largest absolute Gasteiger partial charge is 0.495 e. The molecular weight excluding hydrogens is 466 g/mol. The van der Waals surface area contributed by atoms with E-state index in [0.717, 1.165) is 17.1 Å². The summed E-state index contributed by atoms with van der Waals surface area (Å²) < 4.78 is 39.5. The van der Waals surface area contributed by atoms with Gasteiger partial charge >= 0.3 is 11.7 Å². The summed E-state index contributed by atoms with van der Waals surface area (Å²) in [6, 6.07) is 3.93. The van der Waals surface area contributed by atoms with Crippen LogP contribution in [0.4, 0.5) is 0 Å². The van der Waals surface area contributed by atoms with Gasteiger partial charge in [-0.2, -0.15) is 0 Å². The SMILES string of the molecule is CCCCn1c(=O)[nH]c(=O)c2c1nc(COC(=O)c1ccc(OC)c(S(=O)(=O)N(C)C)c1)n2C. The number of unbranched alkanes of at least 4 members (excludes halogenated alkanes) is 1. The lowest BCUT2D eigenvalue weighted by Gasteiger charge is -2.15. The van der Waals surface area contributed by atoms with Crippen molar-refractivity contribution < 1.29 is 22.7 Å². The van der Waals surface area contributed by atoms with E-state index in [2.05, 4.69) is 9.97 Å². The fourth-order valence-corrected chi connectivity index (χ4v) is 4.43. The number of aromatic nitrogens is 4. The van der Waals surface area contributed by atoms with Gasteiger partial charge in [0, 0.05) is 27.7 Å². The summed E-state index contributed by atoms with van der Waals surface area (Å²) in [5.74, 6) is -0.452. The molecule has 0 unspecified atom stereocenters. The molecule has 0 spiro atoms. The summed E-state index contributed by atoms with van der Waals surface area (Å²) in [6.45, 7) is 2.06. The van der Waals surface area contributed by atoms with Crippen LogP contribution >= 0.6 is 0 Å². The van der Waals surface area contributed by atoms with Crippen molar-refractivity contribution >= 4 is 27.2 Å². The minimum absolute atomic E-state index is 0.00214. The van der Waals surface area contributed by atoms with Crippen molar-refractivity contribution in [1.82, 2.24) is 23.4 Å². The minimum atomic E-state index is -3.87. The van der Waals surface area contributed by atoms with Gasteiger partial charge in [-0.1, -0.05) is 13.3 Å². The highest BCUT2D eigenvalue weighted by Crippen LogP contribution is 2.27. The molecule has 3 rings (SSSR count). The molecule has 2 heterocycles. The molecule has 0 fully saturated rings. The lowest BCUT2D eigenvalue weighted by Crippen LogP contribution is -2.31. The molecule has 1 aromatic carbocycles. The second kappa shape index (κ2) is 9.81. The van der Waals surface area contributed by atoms with Gasteiger partial charge in [-0.15, -0.1) is 0 Å². The number of carbonyl (C=O) groups is 1. The van der Waals surface area contributed by atoms with Crippen LogP contribution in [0.5, 0.6) is 5.75 Å². The standard InChI is InChI=1S/C21H27N5O7S/c1-6-7-10-26-18-17(19(27)23-21(26)29)25(4)16(22-18)12-33-20(28)13-8-9-14(32-5)15(11-13)34(30,31)24(2)3/h8-9,11H,6-7,10,12H2,1-5H3,(H,23,27,29). The monoisotopic (exact) mass is 493 g/mol. The van der Waals surface area contributed by atoms with Gasteiger partial charge < -0.3 is 14.0 Å². The van der Waals surface area contributed by atoms with Crippen LogP contribution in [0.2, 0.25) is 0 Å². The topological polar surface area (TPSA) is 146 Å². The molecule has 0 aliphatic rings. The highest BCUT2D eigenvalue weighted by Gasteiger charge is 2.25. The number of benzene rings is 1. The van der Waals surface area contributed by atoms with E-state index in [1.807, 2.05) is 6.92 Å². The van der Waals surface area contributed by atoms with E-state index in [4.69, 9.17) is 9.47 Å². The van der Waals surface area contributed by atoms with Crippen molar-refractivity contribution in [3.63, 3.8) is 0 Å². The average molecular weight is 494 g/mol. The Labute approximate surface area is 195 Å². The van der Waals surface area contributed by atoms with Gasteiger partial charge in [-0.3, -0.25) is 14.3 Å². The number of imidazole rings is 1. The van der Waals surface area contributed by atoms with Crippen LogP contribution in [-0.2, 0) is 35.0 Å². The molecule has 0 saturated heterocycles. The van der Waals surface area contributed by atoms with E-state index in [1.54, 1.807) is 7.05 Å². The molecule has 1 N–H and O–H groups in total. The lowest BCUT2D eigenvalue weighted by atomic mass is 10.2. The van der Waals surface area contributed by atoms with Crippen molar-refractivity contribution in [3.8, 4) is 5.75 Å². The molecular formula is C21H27N5O7S. The summed E-state index contributed by atoms with van der Waals surface area (Å²) in [6.07, 6.45) is 1.56. The van der Waals surface area contributed by atoms with Crippen molar-refractivity contribution in [1.29, 1.82) is 0 Å². The number of aromatic amines is 1. The quantitative estimate of drug-likeness (QED) is 0.432. The van der Waals surface area contributed by atoms with Crippen LogP contribution in [0.25, 0.3) is 11.2 Å². The summed E-state index contributed by atoms with van der Waals surface area (Å²) in [5.41, 5.74) is -0.753. The number of hydrogen-bond donors (Lipinski definition) is 1. The molecule has 184 valence electrons. The van der Waals surface area contributed by atoms with Crippen molar-refractivity contribution in [3.05, 3.63) is 50.4 Å². The lowest BCUT2D eigenvalue weighted by molar-refractivity contribution is 0.0459. The molecule has 34 heavy (non-hydrogen) atoms. The molecule has 2 aromatic heterocycles. The van der Waals surface area contributed by atoms with Crippen molar-refractivity contribution in [2.24, 2.45) is 7.05 Å². The first-order valence-corrected chi connectivity index (χ1v) is 11.9. The van der Waals surface area contributed by atoms with Gasteiger partial charge in [0.2, 0.25) is 10.0 Å². The third-order valence-electron chi connectivity index (χ3n) is 5.33. The third-order valence-corrected chi connectivity index (χ3v) is 7.17. The maximum Gasteiger partial charge on any atom is 0.338 e. The zero-order chi connectivity index (χ0) is 25.2. The van der Waals surface area contributed by atoms with Gasteiger partial charge in [-0.05, 0) is 24.6 Å². The first-order valence-electron chi connectivity index (χ1n) is 10.5. The van der Waals surface area contributed by atoms with Crippen LogP contribution < -0.4 is 16.0 Å². The van der Waals surface area contributed by atoms with E-state index in [1.165, 1.54) is 48.5 Å². The predicted molar refractivity (Wildman–Crippen MR) is 123 cm³/mol. The van der Waals surface area contributed by atoms with Gasteiger partial charge in [-0.25, -0.2) is 27.3 Å². The zero-order valence-corrected chi connectivity index (χ0v) is 20.4. The Bertz CT molecular complexity index is 1450. The van der Waals surface area contributed by atoms with E-state index < -0.39 is 27.2 Å². The average Bonchev–Trinajstić information content (AvgIpc) is 3.13. The van der Waals surface area contributed by atoms with E-state index in [9.17, 15) is 22.8 Å². The Morgan fingerprint density at radius 1 is 1.24 bits per heavy atom. The number of aryl methyl sites for hydroxylation is 2. The fourth-order valence-electron chi connectivity index (χ4n) is 3.36. The maximum atomic E-state index is 12.7. The summed E-state index contributed by atoms with van der Waals surface area (Å²) in [5, 5.41) is 0. The maximum absolute atomic E-state index is 12.7. The van der Waals surface area contributed by atoms with Crippen LogP contribution in [0.3, 0.4) is 0 Å². The molecule has 0 amide bonds. The number of nitrogens with one attached hydrogen (secondary N) is 1. The fraction of sp³-hybridized carbons (Fsp3) is 0.429. The number of sulfonamides is 1. The first kappa shape index (κ1) is 25.2. The second-order valence-electron chi connectivity index (χ2n) is 7.75. The predicted octanol–water partition coefficient (Wildman–Crippen LogP) is 0.839. The Morgan fingerprint density at radius 2 is 1.94 bits per heavy atom. The second-order valence-corrected chi connectivity index (χ2v) is 9.87. The normalized spacial score (nSPS) is 11.8. The number of methoxy groups -OCH3 is 1. The van der Waals surface area contributed by atoms with Crippen LogP contribution in [0.15, 0.2) is 32.7 Å². The molecule has 0 radical (unpaired) electrons. The van der Waals surface area contributed by atoms with Crippen LogP contribution in [-0.4, -0.2) is 59.0 Å². The molecule has 0 aliphatic carbocycles. The molecule has 3 aromatic rings. The van der Waals surface area contributed by atoms with Crippen molar-refractivity contribution in [2.45, 2.75) is 37.8 Å². The number of rotatable bonds is 9. The molecule has 0 atom stereocenters. The Hall–Kier alpha value is -3.45. The number of carbonyl (C=O) groups excluding carboxylic acids is 1. The first-order chi connectivity index (χ1) is 16.0. The third kappa shape index (κ3) is 4.61. The molecule has 0 bridgehead atoms. The number of fused-ring (bicyclic) bond motifs is 1. The van der Waals surface area contributed by atoms with Gasteiger partial charge in [0.05, 0.1) is 12.7 Å². The molecule has 0 saturated carbocycles. The number of hydrogen-bond acceptors (Lipinski definition) is 8. The van der Waals surface area contributed by atoms with E-state index >= 15 is 0 Å². The van der Waals surface area contributed by atoms with Crippen molar-refractivity contribution in [2.75, 3.05) is 21.2 Å². The van der Waals surface area contributed by atoms with Gasteiger partial charge in [0.25, 0.3) is 5.56 Å². The van der Waals surface area contributed by atoms with Crippen LogP contribution in [0.1, 0.15) is 35.9 Å². The highest BCUT2D eigenvalue weighted by molar-refractivity contribution is 7.89. The summed E-state index contributed by atoms with van der Waals surface area (Å²) in [7, 11) is 1.77. The van der Waals surface area contributed by atoms with Gasteiger partial charge in [0.15, 0.2) is 11.2 Å². The Kier molecular flexibility index (Phi) is 7.26. The van der Waals surface area contributed by atoms with Gasteiger partial charge in [0.1, 0.15) is 23.1 Å². The summed E-state index contributed by atoms with van der Waals surface area (Å²) in [4.78, 5) is 43.8. The number of nitrogens with zero attached hydrogens (tertiary/aromatic N) is 4. The Morgan fingerprint density at radius 3 is 2.56 bits per heavy atom. The highest BCUT2D eigenvalue weighted by atomic mass is 32.2. The van der Waals surface area contributed by atoms with Crippen LogP contribution in [0, 0.1) is 0 Å². The smallest absolute Gasteiger partial charge is 0.338 e. The number of ether oxygens (including phenoxy) is 2.